The predicted molar refractivity (Wildman–Crippen MR) is 113 cm³/mol. The molecule has 7 heteroatoms. The number of carbonyl (C=O) groups excluding carboxylic acids is 1. The second-order valence-corrected chi connectivity index (χ2v) is 6.89. The van der Waals surface area contributed by atoms with Gasteiger partial charge < -0.3 is 20.1 Å². The Morgan fingerprint density at radius 2 is 1.93 bits per heavy atom. The summed E-state index contributed by atoms with van der Waals surface area (Å²) >= 11 is 0. The van der Waals surface area contributed by atoms with Gasteiger partial charge in [0, 0.05) is 51.7 Å². The fourth-order valence-corrected chi connectivity index (χ4v) is 2.78. The summed E-state index contributed by atoms with van der Waals surface area (Å²) in [6.45, 7) is 7.32. The summed E-state index contributed by atoms with van der Waals surface area (Å²) in [7, 11) is 3.51. The number of amides is 1. The number of hydrogen-bond acceptors (Lipinski definition) is 3. The van der Waals surface area contributed by atoms with Gasteiger partial charge in [-0.2, -0.15) is 0 Å². The molecule has 2 aromatic rings. The normalized spacial score (nSPS) is 11.4. The van der Waals surface area contributed by atoms with E-state index < -0.39 is 0 Å². The van der Waals surface area contributed by atoms with Crippen molar-refractivity contribution in [1.82, 2.24) is 25.1 Å². The molecule has 0 aliphatic rings. The third-order valence-electron chi connectivity index (χ3n) is 4.41. The van der Waals surface area contributed by atoms with Crippen molar-refractivity contribution >= 4 is 11.9 Å². The van der Waals surface area contributed by atoms with Crippen LogP contribution in [-0.2, 0) is 13.1 Å². The zero-order valence-corrected chi connectivity index (χ0v) is 17.4. The molecule has 1 amide bonds. The van der Waals surface area contributed by atoms with E-state index in [9.17, 15) is 4.79 Å². The molecule has 0 aliphatic heterocycles. The van der Waals surface area contributed by atoms with Gasteiger partial charge in [0.05, 0.1) is 6.54 Å². The molecule has 0 bridgehead atoms. The number of nitrogens with one attached hydrogen (secondary N) is 2. The van der Waals surface area contributed by atoms with Gasteiger partial charge in [-0.25, -0.2) is 9.98 Å². The van der Waals surface area contributed by atoms with E-state index in [2.05, 4.69) is 32.1 Å². The minimum absolute atomic E-state index is 0.0101. The Bertz CT molecular complexity index is 763. The highest BCUT2D eigenvalue weighted by atomic mass is 16.2. The van der Waals surface area contributed by atoms with E-state index in [1.165, 1.54) is 0 Å². The Morgan fingerprint density at radius 3 is 2.54 bits per heavy atom. The Labute approximate surface area is 167 Å². The molecule has 0 spiro atoms. The molecule has 0 radical (unpaired) electrons. The van der Waals surface area contributed by atoms with Gasteiger partial charge in [0.1, 0.15) is 5.82 Å². The number of aliphatic imine (C=N–C) groups is 1. The first-order chi connectivity index (χ1) is 13.5. The zero-order chi connectivity index (χ0) is 20.4. The number of guanidine groups is 1. The van der Waals surface area contributed by atoms with Crippen LogP contribution in [0.4, 0.5) is 0 Å². The van der Waals surface area contributed by atoms with Crippen molar-refractivity contribution in [3.05, 3.63) is 53.6 Å². The van der Waals surface area contributed by atoms with Gasteiger partial charge in [-0.05, 0) is 44.4 Å². The minimum Gasteiger partial charge on any atom is -0.357 e. The van der Waals surface area contributed by atoms with Gasteiger partial charge in [-0.3, -0.25) is 4.79 Å². The van der Waals surface area contributed by atoms with Crippen LogP contribution in [0.25, 0.3) is 0 Å². The predicted octanol–water partition coefficient (Wildman–Crippen LogP) is 2.43. The Hall–Kier alpha value is -2.83. The largest absolute Gasteiger partial charge is 0.357 e. The molecule has 0 saturated heterocycles. The number of unbranched alkanes of at least 4 members (excludes halogenated alkanes) is 1. The molecular formula is C21H32N6O. The summed E-state index contributed by atoms with van der Waals surface area (Å²) in [5.41, 5.74) is 1.76. The molecule has 0 saturated carbocycles. The quantitative estimate of drug-likeness (QED) is 0.396. The monoisotopic (exact) mass is 384 g/mol. The maximum atomic E-state index is 11.9. The van der Waals surface area contributed by atoms with Crippen LogP contribution in [0.2, 0.25) is 0 Å². The second kappa shape index (κ2) is 11.1. The lowest BCUT2D eigenvalue weighted by Gasteiger charge is -2.12. The van der Waals surface area contributed by atoms with Crippen LogP contribution in [0.1, 0.15) is 41.5 Å². The molecule has 1 aromatic heterocycles. The Morgan fingerprint density at radius 1 is 1.18 bits per heavy atom. The number of nitrogens with zero attached hydrogens (tertiary/aromatic N) is 4. The van der Waals surface area contributed by atoms with Crippen LogP contribution < -0.4 is 10.6 Å². The molecule has 2 rings (SSSR count). The fourth-order valence-electron chi connectivity index (χ4n) is 2.78. The molecule has 7 nitrogen and oxygen atoms in total. The highest BCUT2D eigenvalue weighted by Crippen LogP contribution is 2.07. The number of aryl methyl sites for hydroxylation is 2. The molecule has 0 aliphatic carbocycles. The Kier molecular flexibility index (Phi) is 8.52. The van der Waals surface area contributed by atoms with Crippen LogP contribution in [-0.4, -0.2) is 53.5 Å². The average Bonchev–Trinajstić information content (AvgIpc) is 3.10. The first kappa shape index (κ1) is 21.5. The summed E-state index contributed by atoms with van der Waals surface area (Å²) in [5, 5.41) is 6.66. The molecular weight excluding hydrogens is 352 g/mol. The van der Waals surface area contributed by atoms with Crippen LogP contribution in [0.3, 0.4) is 0 Å². The third-order valence-corrected chi connectivity index (χ3v) is 4.41. The van der Waals surface area contributed by atoms with Crippen molar-refractivity contribution in [2.45, 2.75) is 39.8 Å². The van der Waals surface area contributed by atoms with Crippen LogP contribution in [0.5, 0.6) is 0 Å². The van der Waals surface area contributed by atoms with E-state index in [4.69, 9.17) is 0 Å². The van der Waals surface area contributed by atoms with Crippen LogP contribution >= 0.6 is 0 Å². The second-order valence-electron chi connectivity index (χ2n) is 6.89. The van der Waals surface area contributed by atoms with Crippen molar-refractivity contribution in [2.24, 2.45) is 4.99 Å². The van der Waals surface area contributed by atoms with Gasteiger partial charge in [0.25, 0.3) is 5.91 Å². The molecule has 2 N–H and O–H groups in total. The van der Waals surface area contributed by atoms with Crippen molar-refractivity contribution in [3.8, 4) is 0 Å². The molecule has 0 atom stereocenters. The van der Waals surface area contributed by atoms with Crippen molar-refractivity contribution < 1.29 is 4.79 Å². The molecule has 28 heavy (non-hydrogen) atoms. The molecule has 1 heterocycles. The standard InChI is InChI=1S/C21H32N6O/c1-5-22-21(24-12-6-7-14-27-15-13-23-17(27)2)25-16-18-8-10-19(11-9-18)20(28)26(3)4/h8-11,13,15H,5-7,12,14,16H2,1-4H3,(H2,22,24,25). The maximum absolute atomic E-state index is 11.9. The van der Waals surface area contributed by atoms with E-state index in [1.54, 1.807) is 19.0 Å². The van der Waals surface area contributed by atoms with E-state index >= 15 is 0 Å². The highest BCUT2D eigenvalue weighted by Gasteiger charge is 2.07. The van der Waals surface area contributed by atoms with Crippen molar-refractivity contribution in [3.63, 3.8) is 0 Å². The first-order valence-corrected chi connectivity index (χ1v) is 9.81. The van der Waals surface area contributed by atoms with Crippen molar-refractivity contribution in [2.75, 3.05) is 27.2 Å². The summed E-state index contributed by atoms with van der Waals surface area (Å²) in [5.74, 6) is 1.88. The number of aromatic nitrogens is 2. The highest BCUT2D eigenvalue weighted by molar-refractivity contribution is 5.93. The number of benzene rings is 1. The zero-order valence-electron chi connectivity index (χ0n) is 17.4. The minimum atomic E-state index is 0.0101. The van der Waals surface area contributed by atoms with E-state index in [0.717, 1.165) is 49.8 Å². The summed E-state index contributed by atoms with van der Waals surface area (Å²) in [6.07, 6.45) is 6.01. The lowest BCUT2D eigenvalue weighted by Crippen LogP contribution is -2.37. The summed E-state index contributed by atoms with van der Waals surface area (Å²) in [6, 6.07) is 7.62. The van der Waals surface area contributed by atoms with Gasteiger partial charge in [0.15, 0.2) is 5.96 Å². The SMILES string of the molecule is CCNC(=NCc1ccc(C(=O)N(C)C)cc1)NCCCCn1ccnc1C. The molecule has 152 valence electrons. The molecule has 0 unspecified atom stereocenters. The summed E-state index contributed by atoms with van der Waals surface area (Å²) in [4.78, 5) is 22.4. The lowest BCUT2D eigenvalue weighted by molar-refractivity contribution is 0.0827. The average molecular weight is 385 g/mol. The number of rotatable bonds is 9. The molecule has 1 aromatic carbocycles. The van der Waals surface area contributed by atoms with E-state index in [-0.39, 0.29) is 5.91 Å². The van der Waals surface area contributed by atoms with E-state index in [0.29, 0.717) is 12.1 Å². The topological polar surface area (TPSA) is 74.6 Å². The lowest BCUT2D eigenvalue weighted by atomic mass is 10.1. The van der Waals surface area contributed by atoms with Crippen LogP contribution in [0, 0.1) is 6.92 Å². The molecule has 0 fully saturated rings. The van der Waals surface area contributed by atoms with Gasteiger partial charge in [0.2, 0.25) is 0 Å². The maximum Gasteiger partial charge on any atom is 0.253 e. The number of carbonyl (C=O) groups is 1. The van der Waals surface area contributed by atoms with Gasteiger partial charge in [-0.1, -0.05) is 12.1 Å². The third kappa shape index (κ3) is 6.72. The number of imidazole rings is 1. The van der Waals surface area contributed by atoms with Gasteiger partial charge >= 0.3 is 0 Å². The van der Waals surface area contributed by atoms with Crippen molar-refractivity contribution in [1.29, 1.82) is 0 Å². The van der Waals surface area contributed by atoms with Crippen LogP contribution in [0.15, 0.2) is 41.7 Å². The summed E-state index contributed by atoms with van der Waals surface area (Å²) < 4.78 is 2.17. The van der Waals surface area contributed by atoms with E-state index in [1.807, 2.05) is 43.6 Å². The number of hydrogen-bond donors (Lipinski definition) is 2. The first-order valence-electron chi connectivity index (χ1n) is 9.81. The fraction of sp³-hybridized carbons (Fsp3) is 0.476. The van der Waals surface area contributed by atoms with Gasteiger partial charge in [-0.15, -0.1) is 0 Å². The Balaban J connectivity index is 1.79. The smallest absolute Gasteiger partial charge is 0.253 e.